The molecule has 1 fully saturated rings. The molecule has 2 aromatic rings. The van der Waals surface area contributed by atoms with E-state index in [-0.39, 0.29) is 23.8 Å². The van der Waals surface area contributed by atoms with Gasteiger partial charge in [0.1, 0.15) is 0 Å². The summed E-state index contributed by atoms with van der Waals surface area (Å²) in [6.45, 7) is 4.46. The van der Waals surface area contributed by atoms with Crippen molar-refractivity contribution in [2.45, 2.75) is 24.2 Å². The maximum atomic E-state index is 12.3. The second-order valence-corrected chi connectivity index (χ2v) is 7.34. The van der Waals surface area contributed by atoms with E-state index >= 15 is 0 Å². The van der Waals surface area contributed by atoms with Crippen LogP contribution >= 0.6 is 0 Å². The molecule has 1 N–H and O–H groups in total. The zero-order chi connectivity index (χ0) is 17.2. The molecule has 1 saturated heterocycles. The van der Waals surface area contributed by atoms with Crippen LogP contribution in [0.15, 0.2) is 40.2 Å². The first kappa shape index (κ1) is 17.2. The van der Waals surface area contributed by atoms with Crippen molar-refractivity contribution in [3.05, 3.63) is 36.4 Å². The predicted octanol–water partition coefficient (Wildman–Crippen LogP) is 0.753. The topological polar surface area (TPSA) is 89.6 Å². The van der Waals surface area contributed by atoms with Crippen molar-refractivity contribution < 1.29 is 17.6 Å². The summed E-state index contributed by atoms with van der Waals surface area (Å²) in [5.41, 5.74) is 0.999. The van der Waals surface area contributed by atoms with Crippen LogP contribution < -0.4 is 4.72 Å². The standard InChI is InChI=1S/C15H22N4O4S/c1-3-19-8-10-22-13(15(19)12-6-7-16-18(12)2)11-17-24(20,21)14-5-4-9-23-14/h4-7,9,13,15,17H,3,8,10-11H2,1-2H3/t13-,15-/m0/s1. The number of hydrogen-bond donors (Lipinski definition) is 1. The Morgan fingerprint density at radius 2 is 2.25 bits per heavy atom. The van der Waals surface area contributed by atoms with E-state index in [1.54, 1.807) is 16.9 Å². The first-order valence-corrected chi connectivity index (χ1v) is 9.38. The molecule has 8 nitrogen and oxygen atoms in total. The lowest BCUT2D eigenvalue weighted by molar-refractivity contribution is -0.0697. The molecule has 0 radical (unpaired) electrons. The van der Waals surface area contributed by atoms with Crippen LogP contribution in [0, 0.1) is 0 Å². The third kappa shape index (κ3) is 3.39. The molecular weight excluding hydrogens is 332 g/mol. The Balaban J connectivity index is 1.78. The molecule has 132 valence electrons. The monoisotopic (exact) mass is 354 g/mol. The predicted molar refractivity (Wildman–Crippen MR) is 86.8 cm³/mol. The average molecular weight is 354 g/mol. The van der Waals surface area contributed by atoms with Crippen LogP contribution in [0.5, 0.6) is 0 Å². The van der Waals surface area contributed by atoms with Gasteiger partial charge in [-0.05, 0) is 24.7 Å². The van der Waals surface area contributed by atoms with Crippen LogP contribution in [0.1, 0.15) is 18.7 Å². The quantitative estimate of drug-likeness (QED) is 0.823. The number of sulfonamides is 1. The average Bonchev–Trinajstić information content (AvgIpc) is 3.24. The number of furan rings is 1. The highest BCUT2D eigenvalue weighted by molar-refractivity contribution is 7.89. The number of morpholine rings is 1. The lowest BCUT2D eigenvalue weighted by Crippen LogP contribution is -2.50. The molecule has 0 bridgehead atoms. The molecule has 0 aromatic carbocycles. The van der Waals surface area contributed by atoms with Gasteiger partial charge in [-0.2, -0.15) is 5.10 Å². The molecule has 9 heteroatoms. The second kappa shape index (κ2) is 7.06. The zero-order valence-corrected chi connectivity index (χ0v) is 14.6. The summed E-state index contributed by atoms with van der Waals surface area (Å²) in [5.74, 6) is 0. The van der Waals surface area contributed by atoms with Crippen molar-refractivity contribution in [3.63, 3.8) is 0 Å². The molecule has 1 aliphatic heterocycles. The molecule has 3 rings (SSSR count). The van der Waals surface area contributed by atoms with E-state index in [1.165, 1.54) is 12.3 Å². The van der Waals surface area contributed by atoms with Crippen LogP contribution in [0.3, 0.4) is 0 Å². The Hall–Kier alpha value is -1.68. The van der Waals surface area contributed by atoms with E-state index in [1.807, 2.05) is 13.1 Å². The van der Waals surface area contributed by atoms with E-state index in [0.717, 1.165) is 18.8 Å². The minimum atomic E-state index is -3.68. The van der Waals surface area contributed by atoms with Gasteiger partial charge < -0.3 is 9.15 Å². The molecule has 24 heavy (non-hydrogen) atoms. The Kier molecular flexibility index (Phi) is 5.04. The molecule has 2 atom stereocenters. The lowest BCUT2D eigenvalue weighted by Gasteiger charge is -2.40. The number of hydrogen-bond acceptors (Lipinski definition) is 6. The summed E-state index contributed by atoms with van der Waals surface area (Å²) in [4.78, 5) is 2.27. The van der Waals surface area contributed by atoms with E-state index in [2.05, 4.69) is 21.6 Å². The van der Waals surface area contributed by atoms with Crippen molar-refractivity contribution in [3.8, 4) is 0 Å². The molecule has 2 aromatic heterocycles. The Morgan fingerprint density at radius 1 is 1.42 bits per heavy atom. The number of aromatic nitrogens is 2. The van der Waals surface area contributed by atoms with Gasteiger partial charge in [0.05, 0.1) is 30.7 Å². The van der Waals surface area contributed by atoms with Crippen LogP contribution in [0.2, 0.25) is 0 Å². The summed E-state index contributed by atoms with van der Waals surface area (Å²) in [6, 6.07) is 4.84. The summed E-state index contributed by atoms with van der Waals surface area (Å²) in [6.07, 6.45) is 2.77. The van der Waals surface area contributed by atoms with Gasteiger partial charge in [-0.1, -0.05) is 6.92 Å². The molecule has 0 saturated carbocycles. The van der Waals surface area contributed by atoms with E-state index in [4.69, 9.17) is 9.15 Å². The van der Waals surface area contributed by atoms with Gasteiger partial charge in [0.15, 0.2) is 0 Å². The Morgan fingerprint density at radius 3 is 2.88 bits per heavy atom. The highest BCUT2D eigenvalue weighted by Crippen LogP contribution is 2.29. The summed E-state index contributed by atoms with van der Waals surface area (Å²) in [7, 11) is -1.80. The van der Waals surface area contributed by atoms with Gasteiger partial charge in [0, 0.05) is 26.3 Å². The summed E-state index contributed by atoms with van der Waals surface area (Å²) < 4.78 is 39.8. The largest absolute Gasteiger partial charge is 0.452 e. The molecule has 1 aliphatic rings. The summed E-state index contributed by atoms with van der Waals surface area (Å²) >= 11 is 0. The molecule has 0 aliphatic carbocycles. The van der Waals surface area contributed by atoms with Crippen LogP contribution in [-0.4, -0.2) is 55.4 Å². The van der Waals surface area contributed by atoms with Crippen LogP contribution in [0.25, 0.3) is 0 Å². The van der Waals surface area contributed by atoms with E-state index in [9.17, 15) is 8.42 Å². The second-order valence-electron chi connectivity index (χ2n) is 5.65. The van der Waals surface area contributed by atoms with Gasteiger partial charge in [0.2, 0.25) is 5.09 Å². The SMILES string of the molecule is CCN1CCO[C@@H](CNS(=O)(=O)c2ccco2)[C@@H]1c1ccnn1C. The number of nitrogens with one attached hydrogen (secondary N) is 1. The third-order valence-corrected chi connectivity index (χ3v) is 5.57. The lowest BCUT2D eigenvalue weighted by atomic mass is 10.0. The molecule has 0 unspecified atom stereocenters. The van der Waals surface area contributed by atoms with Crippen LogP contribution in [-0.2, 0) is 21.8 Å². The number of likely N-dealkylation sites (N-methyl/N-ethyl adjacent to an activating group) is 1. The first-order chi connectivity index (χ1) is 11.5. The molecular formula is C15H22N4O4S. The van der Waals surface area contributed by atoms with Gasteiger partial charge in [-0.3, -0.25) is 9.58 Å². The Labute approximate surface area is 141 Å². The number of nitrogens with zero attached hydrogens (tertiary/aromatic N) is 3. The fourth-order valence-corrected chi connectivity index (χ4v) is 4.01. The van der Waals surface area contributed by atoms with Crippen molar-refractivity contribution in [1.82, 2.24) is 19.4 Å². The minimum Gasteiger partial charge on any atom is -0.452 e. The van der Waals surface area contributed by atoms with Gasteiger partial charge in [-0.15, -0.1) is 0 Å². The van der Waals surface area contributed by atoms with Crippen molar-refractivity contribution >= 4 is 10.0 Å². The number of rotatable bonds is 6. The fraction of sp³-hybridized carbons (Fsp3) is 0.533. The third-order valence-electron chi connectivity index (χ3n) is 4.26. The minimum absolute atomic E-state index is 0.0597. The number of aryl methyl sites for hydroxylation is 1. The highest BCUT2D eigenvalue weighted by Gasteiger charge is 2.35. The van der Waals surface area contributed by atoms with Crippen molar-refractivity contribution in [2.24, 2.45) is 7.05 Å². The highest BCUT2D eigenvalue weighted by atomic mass is 32.2. The van der Waals surface area contributed by atoms with Gasteiger partial charge in [0.25, 0.3) is 10.0 Å². The molecule has 0 amide bonds. The first-order valence-electron chi connectivity index (χ1n) is 7.89. The smallest absolute Gasteiger partial charge is 0.274 e. The van der Waals surface area contributed by atoms with Crippen LogP contribution in [0.4, 0.5) is 0 Å². The number of ether oxygens (including phenoxy) is 1. The molecule has 0 spiro atoms. The maximum absolute atomic E-state index is 12.3. The Bertz CT molecular complexity index is 756. The van der Waals surface area contributed by atoms with E-state index < -0.39 is 10.0 Å². The van der Waals surface area contributed by atoms with Crippen molar-refractivity contribution in [2.75, 3.05) is 26.2 Å². The molecule has 3 heterocycles. The zero-order valence-electron chi connectivity index (χ0n) is 13.8. The van der Waals surface area contributed by atoms with Crippen molar-refractivity contribution in [1.29, 1.82) is 0 Å². The maximum Gasteiger partial charge on any atom is 0.274 e. The van der Waals surface area contributed by atoms with Gasteiger partial charge >= 0.3 is 0 Å². The van der Waals surface area contributed by atoms with Gasteiger partial charge in [-0.25, -0.2) is 13.1 Å². The van der Waals surface area contributed by atoms with E-state index in [0.29, 0.717) is 6.61 Å². The fourth-order valence-electron chi connectivity index (χ4n) is 3.04. The normalized spacial score (nSPS) is 22.8. The summed E-state index contributed by atoms with van der Waals surface area (Å²) in [5, 5.41) is 4.13.